The largest absolute Gasteiger partial charge is 0.483 e. The molecule has 0 aliphatic rings. The van der Waals surface area contributed by atoms with Crippen LogP contribution < -0.4 is 0 Å². The SMILES string of the molecule is O=C(F)C(F)(F)OC(F)(F)C(F)(F)OC(F)(F)C(F)(F)OC(F)(F)C(F)(F)OC(F)(F)C(F)(F)OC(F)(F)C(F)(F)OC(F)(F)C(F)(F)OC(F)(F)C(F)(F)F. The first kappa shape index (κ1) is 53.1. The fraction of sp³-hybridized carbons (Fsp3) is 0.938. The number of carbonyl (C=O) groups excluding carboxylic acids is 1. The molecule has 0 bridgehead atoms. The van der Waals surface area contributed by atoms with Gasteiger partial charge < -0.3 is 0 Å². The minimum Gasteiger partial charge on any atom is -0.251 e. The molecular formula is C16F32O8. The van der Waals surface area contributed by atoms with Gasteiger partial charge in [-0.2, -0.15) is 140 Å². The summed E-state index contributed by atoms with van der Waals surface area (Å²) in [6.45, 7) is 0. The molecule has 0 aliphatic heterocycles. The highest BCUT2D eigenvalue weighted by Crippen LogP contribution is 2.55. The van der Waals surface area contributed by atoms with Gasteiger partial charge in [-0.05, 0) is 0 Å². The Kier molecular flexibility index (Phi) is 13.7. The Balaban J connectivity index is 6.42. The number of halogens is 32. The molecule has 0 aromatic rings. The molecule has 0 rings (SSSR count). The molecule has 0 saturated carbocycles. The van der Waals surface area contributed by atoms with Crippen LogP contribution in [-0.4, -0.2) is 97.7 Å². The van der Waals surface area contributed by atoms with E-state index in [1.54, 1.807) is 0 Å². The second kappa shape index (κ2) is 14.5. The Hall–Kier alpha value is -2.85. The van der Waals surface area contributed by atoms with Gasteiger partial charge in [-0.25, -0.2) is 33.2 Å². The van der Waals surface area contributed by atoms with E-state index in [9.17, 15) is 145 Å². The summed E-state index contributed by atoms with van der Waals surface area (Å²) in [5, 5.41) is 0. The lowest BCUT2D eigenvalue weighted by Gasteiger charge is -2.37. The summed E-state index contributed by atoms with van der Waals surface area (Å²) in [4.78, 5) is 9.68. The lowest BCUT2D eigenvalue weighted by atomic mass is 10.4. The van der Waals surface area contributed by atoms with E-state index >= 15 is 0 Å². The van der Waals surface area contributed by atoms with E-state index in [4.69, 9.17) is 0 Å². The maximum atomic E-state index is 13.5. The maximum absolute atomic E-state index is 13.5. The van der Waals surface area contributed by atoms with Crippen LogP contribution in [0.15, 0.2) is 0 Å². The van der Waals surface area contributed by atoms with Crippen molar-refractivity contribution < 1.29 is 178 Å². The van der Waals surface area contributed by atoms with Crippen molar-refractivity contribution in [3.8, 4) is 0 Å². The van der Waals surface area contributed by atoms with Gasteiger partial charge in [0.1, 0.15) is 0 Å². The molecule has 0 aliphatic carbocycles. The van der Waals surface area contributed by atoms with Crippen molar-refractivity contribution in [2.24, 2.45) is 0 Å². The molecule has 0 aromatic carbocycles. The average molecular weight is 928 g/mol. The molecule has 0 unspecified atom stereocenters. The maximum Gasteiger partial charge on any atom is 0.483 e. The number of ether oxygens (including phenoxy) is 7. The quantitative estimate of drug-likeness (QED) is 0.0833. The van der Waals surface area contributed by atoms with E-state index < -0.39 is 97.7 Å². The fourth-order valence-corrected chi connectivity index (χ4v) is 1.94. The van der Waals surface area contributed by atoms with Crippen molar-refractivity contribution in [3.05, 3.63) is 0 Å². The summed E-state index contributed by atoms with van der Waals surface area (Å²) in [5.41, 5.74) is 0. The molecule has 336 valence electrons. The third-order valence-electron chi connectivity index (χ3n) is 4.39. The van der Waals surface area contributed by atoms with Crippen LogP contribution in [0.3, 0.4) is 0 Å². The normalized spacial score (nSPS) is 16.4. The molecule has 0 spiro atoms. The van der Waals surface area contributed by atoms with E-state index in [-0.39, 0.29) is 0 Å². The van der Waals surface area contributed by atoms with Crippen LogP contribution >= 0.6 is 0 Å². The van der Waals surface area contributed by atoms with Gasteiger partial charge in [0.15, 0.2) is 0 Å². The molecule has 0 amide bonds. The van der Waals surface area contributed by atoms with E-state index in [1.165, 1.54) is 4.74 Å². The van der Waals surface area contributed by atoms with Gasteiger partial charge in [0.05, 0.1) is 0 Å². The third kappa shape index (κ3) is 11.0. The minimum atomic E-state index is -8.48. The van der Waals surface area contributed by atoms with Gasteiger partial charge in [-0.15, -0.1) is 0 Å². The number of alkyl halides is 31. The van der Waals surface area contributed by atoms with Crippen LogP contribution in [0.1, 0.15) is 0 Å². The average Bonchev–Trinajstić information content (AvgIpc) is 2.83. The second-order valence-corrected chi connectivity index (χ2v) is 8.72. The molecule has 0 aromatic heterocycles. The van der Waals surface area contributed by atoms with E-state index in [0.717, 1.165) is 28.4 Å². The molecule has 0 heterocycles. The number of rotatable bonds is 21. The van der Waals surface area contributed by atoms with Crippen molar-refractivity contribution in [3.63, 3.8) is 0 Å². The van der Waals surface area contributed by atoms with Crippen LogP contribution in [0.2, 0.25) is 0 Å². The van der Waals surface area contributed by atoms with Crippen molar-refractivity contribution in [1.29, 1.82) is 0 Å². The molecule has 8 nitrogen and oxygen atoms in total. The summed E-state index contributed by atoms with van der Waals surface area (Å²) >= 11 is 0. The standard InChI is InChI=1S/C16F32O8/c17-1(49)2(18,19)50-5(25,26)6(27,28)52-9(33,34)10(35,36)54-13(41,42)14(43,44)56-16(47,48)15(45,46)55-12(39,40)11(37,38)53-8(31,32)7(29,30)51-4(23,24)3(20,21)22. The van der Waals surface area contributed by atoms with Gasteiger partial charge >= 0.3 is 97.7 Å². The molecule has 0 saturated heterocycles. The van der Waals surface area contributed by atoms with Gasteiger partial charge in [0, 0.05) is 0 Å². The van der Waals surface area contributed by atoms with Crippen LogP contribution in [0.4, 0.5) is 140 Å². The van der Waals surface area contributed by atoms with E-state index in [1.807, 2.05) is 0 Å². The van der Waals surface area contributed by atoms with Crippen molar-refractivity contribution >= 4 is 6.04 Å². The topological polar surface area (TPSA) is 81.7 Å². The van der Waals surface area contributed by atoms with Crippen LogP contribution in [0.25, 0.3) is 0 Å². The second-order valence-electron chi connectivity index (χ2n) is 8.72. The van der Waals surface area contributed by atoms with E-state index in [0.29, 0.717) is 0 Å². The Morgan fingerprint density at radius 1 is 0.232 bits per heavy atom. The van der Waals surface area contributed by atoms with Crippen molar-refractivity contribution in [2.45, 2.75) is 91.7 Å². The predicted octanol–water partition coefficient (Wildman–Crippen LogP) is 9.46. The van der Waals surface area contributed by atoms with E-state index in [2.05, 4.69) is 0 Å². The zero-order valence-electron chi connectivity index (χ0n) is 23.4. The van der Waals surface area contributed by atoms with Crippen molar-refractivity contribution in [1.82, 2.24) is 0 Å². The first-order chi connectivity index (χ1) is 23.6. The Labute approximate surface area is 277 Å². The highest BCUT2D eigenvalue weighted by atomic mass is 19.4. The molecule has 0 N–H and O–H groups in total. The highest BCUT2D eigenvalue weighted by Gasteiger charge is 2.81. The molecule has 0 atom stereocenters. The highest BCUT2D eigenvalue weighted by molar-refractivity contribution is 5.74. The molecule has 56 heavy (non-hydrogen) atoms. The van der Waals surface area contributed by atoms with Gasteiger partial charge in [0.25, 0.3) is 0 Å². The number of hydrogen-bond donors (Lipinski definition) is 0. The lowest BCUT2D eigenvalue weighted by Crippen LogP contribution is -2.62. The fourth-order valence-electron chi connectivity index (χ4n) is 1.94. The monoisotopic (exact) mass is 928 g/mol. The van der Waals surface area contributed by atoms with Crippen LogP contribution in [0.5, 0.6) is 0 Å². The first-order valence-corrected chi connectivity index (χ1v) is 11.1. The molecule has 40 heteroatoms. The Morgan fingerprint density at radius 2 is 0.357 bits per heavy atom. The van der Waals surface area contributed by atoms with Crippen LogP contribution in [0, 0.1) is 0 Å². The number of carbonyl (C=O) groups is 1. The van der Waals surface area contributed by atoms with Crippen molar-refractivity contribution in [2.75, 3.05) is 0 Å². The summed E-state index contributed by atoms with van der Waals surface area (Å²) in [5.74, 6) is 0. The number of hydrogen-bond acceptors (Lipinski definition) is 8. The minimum absolute atomic E-state index is 0.975. The predicted molar refractivity (Wildman–Crippen MR) is 89.0 cm³/mol. The summed E-state index contributed by atoms with van der Waals surface area (Å²) < 4.78 is 424. The van der Waals surface area contributed by atoms with Crippen LogP contribution in [-0.2, 0) is 38.0 Å². The Bertz CT molecular complexity index is 1390. The zero-order valence-corrected chi connectivity index (χ0v) is 23.4. The summed E-state index contributed by atoms with van der Waals surface area (Å²) in [6.07, 6.45) is -121. The third-order valence-corrected chi connectivity index (χ3v) is 4.39. The van der Waals surface area contributed by atoms with Gasteiger partial charge in [0.2, 0.25) is 0 Å². The zero-order chi connectivity index (χ0) is 46.0. The molecular weight excluding hydrogens is 928 g/mol. The van der Waals surface area contributed by atoms with Gasteiger partial charge in [-0.3, -0.25) is 4.79 Å². The Morgan fingerprint density at radius 3 is 0.482 bits per heavy atom. The lowest BCUT2D eigenvalue weighted by molar-refractivity contribution is -0.598. The molecule has 0 radical (unpaired) electrons. The first-order valence-electron chi connectivity index (χ1n) is 11.1. The summed E-state index contributed by atoms with van der Waals surface area (Å²) in [7, 11) is 0. The summed E-state index contributed by atoms with van der Waals surface area (Å²) in [6, 6.07) is -4.51. The smallest absolute Gasteiger partial charge is 0.251 e. The molecule has 0 fully saturated rings. The van der Waals surface area contributed by atoms with Gasteiger partial charge in [-0.1, -0.05) is 0 Å².